The summed E-state index contributed by atoms with van der Waals surface area (Å²) in [6.07, 6.45) is 7.10. The zero-order valence-corrected chi connectivity index (χ0v) is 10.7. The summed E-state index contributed by atoms with van der Waals surface area (Å²) >= 11 is 1.65. The molecule has 0 aromatic carbocycles. The lowest BCUT2D eigenvalue weighted by Crippen LogP contribution is -2.12. The molecule has 0 bridgehead atoms. The molecule has 1 amide bonds. The number of hydrogen-bond donors (Lipinski definition) is 1. The van der Waals surface area contributed by atoms with Crippen molar-refractivity contribution in [3.63, 3.8) is 0 Å². The quantitative estimate of drug-likeness (QED) is 0.881. The van der Waals surface area contributed by atoms with Crippen LogP contribution in [0.15, 0.2) is 31.0 Å². The second kappa shape index (κ2) is 6.15. The standard InChI is InChI=1S/C11H13N5OS/c1-18-5-4-11(17)15-9-2-3-10(13-6-9)16-8-12-7-14-16/h2-3,6-8H,4-5H2,1H3,(H,15,17). The zero-order valence-electron chi connectivity index (χ0n) is 9.91. The van der Waals surface area contributed by atoms with Gasteiger partial charge in [0.2, 0.25) is 5.91 Å². The van der Waals surface area contributed by atoms with E-state index in [1.807, 2.05) is 6.26 Å². The fourth-order valence-corrected chi connectivity index (χ4v) is 1.73. The van der Waals surface area contributed by atoms with Crippen molar-refractivity contribution in [3.05, 3.63) is 31.0 Å². The minimum Gasteiger partial charge on any atom is -0.325 e. The highest BCUT2D eigenvalue weighted by Gasteiger charge is 2.03. The highest BCUT2D eigenvalue weighted by Crippen LogP contribution is 2.09. The van der Waals surface area contributed by atoms with Crippen LogP contribution in [0.5, 0.6) is 0 Å². The van der Waals surface area contributed by atoms with Crippen molar-refractivity contribution < 1.29 is 4.79 Å². The van der Waals surface area contributed by atoms with Crippen molar-refractivity contribution in [1.29, 1.82) is 0 Å². The Morgan fingerprint density at radius 1 is 1.50 bits per heavy atom. The minimum atomic E-state index is -0.000319. The first-order valence-electron chi connectivity index (χ1n) is 5.39. The van der Waals surface area contributed by atoms with Gasteiger partial charge in [0.15, 0.2) is 5.82 Å². The van der Waals surface area contributed by atoms with E-state index in [1.54, 1.807) is 41.1 Å². The molecule has 0 aliphatic rings. The number of nitrogens with one attached hydrogen (secondary N) is 1. The van der Waals surface area contributed by atoms with Gasteiger partial charge in [-0.25, -0.2) is 14.6 Å². The van der Waals surface area contributed by atoms with Crippen LogP contribution in [0.25, 0.3) is 5.82 Å². The summed E-state index contributed by atoms with van der Waals surface area (Å²) in [4.78, 5) is 19.5. The van der Waals surface area contributed by atoms with Crippen molar-refractivity contribution >= 4 is 23.4 Å². The molecule has 0 spiro atoms. The van der Waals surface area contributed by atoms with Gasteiger partial charge in [-0.1, -0.05) is 0 Å². The third kappa shape index (κ3) is 3.30. The molecule has 0 unspecified atom stereocenters. The van der Waals surface area contributed by atoms with Gasteiger partial charge < -0.3 is 5.32 Å². The molecule has 0 aliphatic carbocycles. The van der Waals surface area contributed by atoms with Crippen molar-refractivity contribution in [1.82, 2.24) is 19.7 Å². The molecule has 2 aromatic heterocycles. The van der Waals surface area contributed by atoms with Gasteiger partial charge in [-0.3, -0.25) is 4.79 Å². The molecule has 2 rings (SSSR count). The Morgan fingerprint density at radius 2 is 2.39 bits per heavy atom. The van der Waals surface area contributed by atoms with Crippen LogP contribution in [0.1, 0.15) is 6.42 Å². The minimum absolute atomic E-state index is 0.000319. The predicted octanol–water partition coefficient (Wildman–Crippen LogP) is 1.35. The monoisotopic (exact) mass is 263 g/mol. The van der Waals surface area contributed by atoms with Crippen molar-refractivity contribution in [2.24, 2.45) is 0 Å². The Hall–Kier alpha value is -1.89. The fourth-order valence-electron chi connectivity index (χ4n) is 1.34. The number of carbonyl (C=O) groups is 1. The van der Waals surface area contributed by atoms with Crippen molar-refractivity contribution in [3.8, 4) is 5.82 Å². The largest absolute Gasteiger partial charge is 0.325 e. The van der Waals surface area contributed by atoms with Gasteiger partial charge in [0.05, 0.1) is 11.9 Å². The van der Waals surface area contributed by atoms with Gasteiger partial charge in [-0.05, 0) is 18.4 Å². The lowest BCUT2D eigenvalue weighted by atomic mass is 10.3. The number of nitrogens with zero attached hydrogens (tertiary/aromatic N) is 4. The molecule has 18 heavy (non-hydrogen) atoms. The van der Waals surface area contributed by atoms with E-state index in [-0.39, 0.29) is 5.91 Å². The molecule has 0 saturated carbocycles. The molecule has 94 valence electrons. The van der Waals surface area contributed by atoms with Crippen molar-refractivity contribution in [2.45, 2.75) is 6.42 Å². The number of carbonyl (C=O) groups excluding carboxylic acids is 1. The molecular weight excluding hydrogens is 250 g/mol. The third-order valence-corrected chi connectivity index (χ3v) is 2.83. The predicted molar refractivity (Wildman–Crippen MR) is 70.8 cm³/mol. The summed E-state index contributed by atoms with van der Waals surface area (Å²) in [6.45, 7) is 0. The normalized spacial score (nSPS) is 10.3. The second-order valence-electron chi connectivity index (χ2n) is 3.54. The van der Waals surface area contributed by atoms with E-state index in [4.69, 9.17) is 0 Å². The van der Waals surface area contributed by atoms with Crippen LogP contribution in [0.3, 0.4) is 0 Å². The molecule has 0 saturated heterocycles. The highest BCUT2D eigenvalue weighted by atomic mass is 32.2. The van der Waals surface area contributed by atoms with Gasteiger partial charge in [0, 0.05) is 12.2 Å². The van der Waals surface area contributed by atoms with Gasteiger partial charge in [-0.2, -0.15) is 16.9 Å². The number of amides is 1. The fraction of sp³-hybridized carbons (Fsp3) is 0.273. The Kier molecular flexibility index (Phi) is 4.30. The summed E-state index contributed by atoms with van der Waals surface area (Å²) in [5.74, 6) is 1.48. The maximum atomic E-state index is 11.5. The first kappa shape index (κ1) is 12.6. The van der Waals surface area contributed by atoms with E-state index in [2.05, 4.69) is 20.4 Å². The number of rotatable bonds is 5. The van der Waals surface area contributed by atoms with Crippen LogP contribution >= 0.6 is 11.8 Å². The number of hydrogen-bond acceptors (Lipinski definition) is 5. The van der Waals surface area contributed by atoms with Crippen LogP contribution in [-0.2, 0) is 4.79 Å². The summed E-state index contributed by atoms with van der Waals surface area (Å²) < 4.78 is 1.55. The van der Waals surface area contributed by atoms with E-state index in [1.165, 1.54) is 6.33 Å². The zero-order chi connectivity index (χ0) is 12.8. The smallest absolute Gasteiger partial charge is 0.225 e. The first-order valence-corrected chi connectivity index (χ1v) is 6.79. The second-order valence-corrected chi connectivity index (χ2v) is 4.52. The maximum absolute atomic E-state index is 11.5. The van der Waals surface area contributed by atoms with E-state index < -0.39 is 0 Å². The van der Waals surface area contributed by atoms with Gasteiger partial charge in [-0.15, -0.1) is 0 Å². The molecule has 7 heteroatoms. The molecule has 6 nitrogen and oxygen atoms in total. The summed E-state index contributed by atoms with van der Waals surface area (Å²) in [6, 6.07) is 3.57. The molecule has 2 heterocycles. The van der Waals surface area contributed by atoms with E-state index in [0.717, 1.165) is 5.75 Å². The maximum Gasteiger partial charge on any atom is 0.225 e. The molecule has 1 N–H and O–H groups in total. The number of anilines is 1. The molecule has 0 atom stereocenters. The SMILES string of the molecule is CSCCC(=O)Nc1ccc(-n2cncn2)nc1. The first-order chi connectivity index (χ1) is 8.79. The third-order valence-electron chi connectivity index (χ3n) is 2.22. The summed E-state index contributed by atoms with van der Waals surface area (Å²) in [5, 5.41) is 6.76. The molecule has 0 radical (unpaired) electrons. The number of thioether (sulfide) groups is 1. The van der Waals surface area contributed by atoms with Gasteiger partial charge >= 0.3 is 0 Å². The molecule has 0 aliphatic heterocycles. The van der Waals surface area contributed by atoms with Crippen LogP contribution in [-0.4, -0.2) is 37.7 Å². The topological polar surface area (TPSA) is 72.7 Å². The lowest BCUT2D eigenvalue weighted by molar-refractivity contribution is -0.115. The number of pyridine rings is 1. The van der Waals surface area contributed by atoms with Crippen LogP contribution in [0, 0.1) is 0 Å². The Labute approximate surface area is 109 Å². The van der Waals surface area contributed by atoms with E-state index >= 15 is 0 Å². The highest BCUT2D eigenvalue weighted by molar-refractivity contribution is 7.98. The van der Waals surface area contributed by atoms with Gasteiger partial charge in [0.25, 0.3) is 0 Å². The van der Waals surface area contributed by atoms with Crippen LogP contribution in [0.4, 0.5) is 5.69 Å². The Bertz CT molecular complexity index is 497. The van der Waals surface area contributed by atoms with Crippen LogP contribution in [0.2, 0.25) is 0 Å². The van der Waals surface area contributed by atoms with Gasteiger partial charge in [0.1, 0.15) is 12.7 Å². The lowest BCUT2D eigenvalue weighted by Gasteiger charge is -2.05. The summed E-state index contributed by atoms with van der Waals surface area (Å²) in [5.41, 5.74) is 0.685. The van der Waals surface area contributed by atoms with Crippen molar-refractivity contribution in [2.75, 3.05) is 17.3 Å². The average molecular weight is 263 g/mol. The Morgan fingerprint density at radius 3 is 3.00 bits per heavy atom. The average Bonchev–Trinajstić information content (AvgIpc) is 2.91. The molecule has 0 fully saturated rings. The van der Waals surface area contributed by atoms with E-state index in [0.29, 0.717) is 17.9 Å². The molecule has 2 aromatic rings. The Balaban J connectivity index is 1.98. The molecular formula is C11H13N5OS. The summed E-state index contributed by atoms with van der Waals surface area (Å²) in [7, 11) is 0. The van der Waals surface area contributed by atoms with Crippen LogP contribution < -0.4 is 5.32 Å². The number of aromatic nitrogens is 4. The van der Waals surface area contributed by atoms with E-state index in [9.17, 15) is 4.79 Å².